The molecule has 3 aromatic rings. The molecule has 3 rings (SSSR count). The minimum atomic E-state index is -4.55. The molecule has 0 fully saturated rings. The highest BCUT2D eigenvalue weighted by atomic mass is 32.2. The van der Waals surface area contributed by atoms with E-state index in [-0.39, 0.29) is 22.2 Å². The zero-order valence-electron chi connectivity index (χ0n) is 13.7. The molecular weight excluding hydrogens is 356 g/mol. The normalized spacial score (nSPS) is 11.5. The molecule has 0 atom stereocenters. The monoisotopic (exact) mass is 372 g/mol. The third-order valence-electron chi connectivity index (χ3n) is 4.01. The van der Waals surface area contributed by atoms with Crippen molar-refractivity contribution in [1.82, 2.24) is 0 Å². The number of benzene rings is 3. The molecule has 0 saturated carbocycles. The molecule has 0 aliphatic carbocycles. The summed E-state index contributed by atoms with van der Waals surface area (Å²) in [5, 5.41) is 12.9. The Morgan fingerprint density at radius 2 is 1.81 bits per heavy atom. The zero-order chi connectivity index (χ0) is 19.1. The molecular formula is C18H16N2O5S. The number of hydrogen-bond donors (Lipinski definition) is 4. The number of nitrogens with two attached hydrogens (primary N) is 1. The number of nitrogen functional groups attached to an aromatic ring is 1. The molecule has 0 bridgehead atoms. The van der Waals surface area contributed by atoms with Crippen LogP contribution in [0.2, 0.25) is 0 Å². The predicted molar refractivity (Wildman–Crippen MR) is 99.0 cm³/mol. The maximum Gasteiger partial charge on any atom is 0.295 e. The summed E-state index contributed by atoms with van der Waals surface area (Å²) in [5.41, 5.74) is 7.76. The van der Waals surface area contributed by atoms with Crippen molar-refractivity contribution in [2.45, 2.75) is 11.8 Å². The van der Waals surface area contributed by atoms with Gasteiger partial charge in [0.15, 0.2) is 0 Å². The smallest absolute Gasteiger partial charge is 0.295 e. The fourth-order valence-electron chi connectivity index (χ4n) is 2.64. The van der Waals surface area contributed by atoms with Crippen LogP contribution in [-0.2, 0) is 10.1 Å². The molecule has 0 unspecified atom stereocenters. The molecule has 5 N–H and O–H groups in total. The molecule has 0 spiro atoms. The van der Waals surface area contributed by atoms with Gasteiger partial charge in [0.1, 0.15) is 10.6 Å². The lowest BCUT2D eigenvalue weighted by atomic mass is 10.1. The van der Waals surface area contributed by atoms with E-state index in [1.54, 1.807) is 18.2 Å². The van der Waals surface area contributed by atoms with Crippen molar-refractivity contribution in [1.29, 1.82) is 0 Å². The minimum absolute atomic E-state index is 0.173. The number of aryl methyl sites for hydroxylation is 1. The van der Waals surface area contributed by atoms with Gasteiger partial charge in [-0.25, -0.2) is 0 Å². The van der Waals surface area contributed by atoms with Crippen LogP contribution in [0.25, 0.3) is 10.8 Å². The first kappa shape index (κ1) is 17.7. The van der Waals surface area contributed by atoms with E-state index in [4.69, 9.17) is 5.73 Å². The molecule has 0 aliphatic rings. The van der Waals surface area contributed by atoms with Crippen molar-refractivity contribution in [3.05, 3.63) is 59.7 Å². The number of fused-ring (bicyclic) bond motifs is 1. The Balaban J connectivity index is 2.10. The third kappa shape index (κ3) is 3.32. The number of anilines is 2. The second kappa shape index (κ2) is 6.32. The number of amides is 1. The summed E-state index contributed by atoms with van der Waals surface area (Å²) in [5.74, 6) is -0.799. The average Bonchev–Trinajstić information content (AvgIpc) is 2.56. The number of rotatable bonds is 3. The number of phenols is 1. The number of hydrogen-bond acceptors (Lipinski definition) is 5. The lowest BCUT2D eigenvalue weighted by molar-refractivity contribution is 0.102. The summed E-state index contributed by atoms with van der Waals surface area (Å²) < 4.78 is 32.5. The SMILES string of the molecule is Cc1ccc(C(=O)Nc2cccc3c(S(=O)(=O)O)cc(O)cc23)cc1N. The molecule has 134 valence electrons. The van der Waals surface area contributed by atoms with Gasteiger partial charge in [-0.2, -0.15) is 8.42 Å². The summed E-state index contributed by atoms with van der Waals surface area (Å²) in [7, 11) is -4.55. The maximum atomic E-state index is 12.5. The van der Waals surface area contributed by atoms with E-state index in [1.807, 2.05) is 6.92 Å². The molecule has 0 heterocycles. The van der Waals surface area contributed by atoms with E-state index >= 15 is 0 Å². The molecule has 3 aromatic carbocycles. The minimum Gasteiger partial charge on any atom is -0.508 e. The summed E-state index contributed by atoms with van der Waals surface area (Å²) in [6.07, 6.45) is 0. The van der Waals surface area contributed by atoms with Crippen LogP contribution in [0.5, 0.6) is 5.75 Å². The van der Waals surface area contributed by atoms with Crippen LogP contribution in [0.15, 0.2) is 53.4 Å². The number of nitrogens with one attached hydrogen (secondary N) is 1. The van der Waals surface area contributed by atoms with E-state index in [9.17, 15) is 22.9 Å². The second-order valence-electron chi connectivity index (χ2n) is 5.85. The Morgan fingerprint density at radius 3 is 2.46 bits per heavy atom. The molecule has 0 aromatic heterocycles. The lowest BCUT2D eigenvalue weighted by Crippen LogP contribution is -2.13. The van der Waals surface area contributed by atoms with Gasteiger partial charge in [0.2, 0.25) is 0 Å². The molecule has 8 heteroatoms. The first-order valence-corrected chi connectivity index (χ1v) is 9.01. The van der Waals surface area contributed by atoms with Crippen LogP contribution in [0.3, 0.4) is 0 Å². The molecule has 26 heavy (non-hydrogen) atoms. The van der Waals surface area contributed by atoms with Crippen LogP contribution < -0.4 is 11.1 Å². The predicted octanol–water partition coefficient (Wildman–Crippen LogP) is 2.94. The lowest BCUT2D eigenvalue weighted by Gasteiger charge is -2.12. The Labute approximate surface area is 149 Å². The molecule has 1 amide bonds. The number of carbonyl (C=O) groups is 1. The third-order valence-corrected chi connectivity index (χ3v) is 4.90. The molecule has 0 aliphatic heterocycles. The van der Waals surface area contributed by atoms with Gasteiger partial charge in [-0.15, -0.1) is 0 Å². The van der Waals surface area contributed by atoms with Gasteiger partial charge < -0.3 is 16.2 Å². The van der Waals surface area contributed by atoms with Crippen molar-refractivity contribution >= 4 is 38.2 Å². The van der Waals surface area contributed by atoms with Crippen molar-refractivity contribution in [2.24, 2.45) is 0 Å². The first-order chi connectivity index (χ1) is 12.2. The van der Waals surface area contributed by atoms with E-state index in [0.717, 1.165) is 11.6 Å². The standard InChI is InChI=1S/C18H16N2O5S/c1-10-5-6-11(7-15(10)19)18(22)20-16-4-2-3-13-14(16)8-12(21)9-17(13)26(23,24)25/h2-9,21H,19H2,1H3,(H,20,22)(H,23,24,25). The van der Waals surface area contributed by atoms with Gasteiger partial charge >= 0.3 is 0 Å². The van der Waals surface area contributed by atoms with Crippen LogP contribution in [0.4, 0.5) is 11.4 Å². The highest BCUT2D eigenvalue weighted by molar-refractivity contribution is 7.86. The van der Waals surface area contributed by atoms with Gasteiger partial charge in [-0.05, 0) is 36.8 Å². The summed E-state index contributed by atoms with van der Waals surface area (Å²) in [6.45, 7) is 1.82. The summed E-state index contributed by atoms with van der Waals surface area (Å²) in [4.78, 5) is 12.0. The van der Waals surface area contributed by atoms with E-state index in [0.29, 0.717) is 11.3 Å². The number of carbonyl (C=O) groups excluding carboxylic acids is 1. The average molecular weight is 372 g/mol. The number of aromatic hydroxyl groups is 1. The van der Waals surface area contributed by atoms with E-state index < -0.39 is 20.9 Å². The van der Waals surface area contributed by atoms with Crippen LogP contribution >= 0.6 is 0 Å². The highest BCUT2D eigenvalue weighted by Gasteiger charge is 2.18. The van der Waals surface area contributed by atoms with Gasteiger partial charge in [0.05, 0.1) is 0 Å². The van der Waals surface area contributed by atoms with Crippen molar-refractivity contribution < 1.29 is 22.9 Å². The van der Waals surface area contributed by atoms with Gasteiger partial charge in [0, 0.05) is 33.8 Å². The van der Waals surface area contributed by atoms with Crippen LogP contribution in [0, 0.1) is 6.92 Å². The van der Waals surface area contributed by atoms with Crippen LogP contribution in [-0.4, -0.2) is 24.0 Å². The fourth-order valence-corrected chi connectivity index (χ4v) is 3.36. The van der Waals surface area contributed by atoms with Crippen molar-refractivity contribution in [3.63, 3.8) is 0 Å². The largest absolute Gasteiger partial charge is 0.508 e. The fraction of sp³-hybridized carbons (Fsp3) is 0.0556. The van der Waals surface area contributed by atoms with Crippen molar-refractivity contribution in [3.8, 4) is 5.75 Å². The highest BCUT2D eigenvalue weighted by Crippen LogP contribution is 2.33. The summed E-state index contributed by atoms with van der Waals surface area (Å²) in [6, 6.07) is 11.7. The Bertz CT molecular complexity index is 1140. The topological polar surface area (TPSA) is 130 Å². The maximum absolute atomic E-state index is 12.5. The van der Waals surface area contributed by atoms with Crippen LogP contribution in [0.1, 0.15) is 15.9 Å². The molecule has 0 radical (unpaired) electrons. The van der Waals surface area contributed by atoms with Gasteiger partial charge in [-0.3, -0.25) is 9.35 Å². The summed E-state index contributed by atoms with van der Waals surface area (Å²) >= 11 is 0. The van der Waals surface area contributed by atoms with E-state index in [2.05, 4.69) is 5.32 Å². The Morgan fingerprint density at radius 1 is 1.08 bits per heavy atom. The van der Waals surface area contributed by atoms with Crippen molar-refractivity contribution in [2.75, 3.05) is 11.1 Å². The second-order valence-corrected chi connectivity index (χ2v) is 7.24. The zero-order valence-corrected chi connectivity index (χ0v) is 14.5. The Kier molecular flexibility index (Phi) is 4.31. The van der Waals surface area contributed by atoms with Gasteiger partial charge in [-0.1, -0.05) is 18.2 Å². The Hall–Kier alpha value is -3.10. The van der Waals surface area contributed by atoms with E-state index in [1.165, 1.54) is 24.3 Å². The molecule has 0 saturated heterocycles. The quantitative estimate of drug-likeness (QED) is 0.413. The first-order valence-electron chi connectivity index (χ1n) is 7.57. The van der Waals surface area contributed by atoms with Gasteiger partial charge in [0.25, 0.3) is 16.0 Å². The number of phenolic OH excluding ortho intramolecular Hbond substituents is 1. The molecule has 7 nitrogen and oxygen atoms in total.